The molecule has 0 aliphatic heterocycles. The minimum Gasteiger partial charge on any atom is -0.339 e. The van der Waals surface area contributed by atoms with Crippen LogP contribution in [0.25, 0.3) is 0 Å². The summed E-state index contributed by atoms with van der Waals surface area (Å²) < 4.78 is -0.514. The first kappa shape index (κ1) is 21.7. The molecule has 3 rings (SSSR count). The van der Waals surface area contributed by atoms with Crippen molar-refractivity contribution in [1.29, 1.82) is 0 Å². The van der Waals surface area contributed by atoms with E-state index >= 15 is 0 Å². The summed E-state index contributed by atoms with van der Waals surface area (Å²) in [5.74, 6) is -0.144. The molecule has 1 fully saturated rings. The number of rotatable bonds is 6. The lowest BCUT2D eigenvalue weighted by Crippen LogP contribution is -2.37. The first-order valence-corrected chi connectivity index (χ1v) is 11.1. The summed E-state index contributed by atoms with van der Waals surface area (Å²) in [7, 11) is 1.77. The highest BCUT2D eigenvalue weighted by molar-refractivity contribution is 8.01. The van der Waals surface area contributed by atoms with E-state index < -0.39 is 4.75 Å². The van der Waals surface area contributed by atoms with Crippen LogP contribution in [0.4, 0.5) is 5.69 Å². The number of hydrogen-bond donors (Lipinski definition) is 1. The summed E-state index contributed by atoms with van der Waals surface area (Å²) in [6.07, 6.45) is 3.70. The van der Waals surface area contributed by atoms with Crippen LogP contribution in [0.2, 0.25) is 5.02 Å². The number of anilines is 1. The van der Waals surface area contributed by atoms with E-state index in [4.69, 9.17) is 11.6 Å². The Kier molecular flexibility index (Phi) is 6.91. The molecule has 4 nitrogen and oxygen atoms in total. The Morgan fingerprint density at radius 2 is 1.76 bits per heavy atom. The summed E-state index contributed by atoms with van der Waals surface area (Å²) >= 11 is 7.97. The van der Waals surface area contributed by atoms with Crippen LogP contribution < -0.4 is 5.32 Å². The standard InChI is InChI=1S/C23H27ClN2O2S/c1-16(2)26(3)21(27)17-11-12-19(24)20(15-17)25-22(28)23(13-7-8-14-23)29-18-9-5-4-6-10-18/h4-6,9-12,15-16H,7-8,13-14H2,1-3H3,(H,25,28). The van der Waals surface area contributed by atoms with Crippen molar-refractivity contribution in [3.05, 3.63) is 59.1 Å². The highest BCUT2D eigenvalue weighted by Gasteiger charge is 2.42. The van der Waals surface area contributed by atoms with Crippen LogP contribution >= 0.6 is 23.4 Å². The van der Waals surface area contributed by atoms with Gasteiger partial charge in [0.2, 0.25) is 5.91 Å². The smallest absolute Gasteiger partial charge is 0.253 e. The van der Waals surface area contributed by atoms with Crippen molar-refractivity contribution in [1.82, 2.24) is 4.90 Å². The lowest BCUT2D eigenvalue weighted by atomic mass is 10.1. The average molecular weight is 431 g/mol. The zero-order valence-electron chi connectivity index (χ0n) is 17.1. The molecule has 1 saturated carbocycles. The molecule has 1 aliphatic rings. The zero-order chi connectivity index (χ0) is 21.0. The fourth-order valence-electron chi connectivity index (χ4n) is 3.46. The van der Waals surface area contributed by atoms with E-state index in [9.17, 15) is 9.59 Å². The number of benzene rings is 2. The molecular weight excluding hydrogens is 404 g/mol. The molecule has 0 radical (unpaired) electrons. The minimum atomic E-state index is -0.514. The van der Waals surface area contributed by atoms with E-state index in [0.717, 1.165) is 30.6 Å². The van der Waals surface area contributed by atoms with Crippen molar-refractivity contribution in [3.8, 4) is 0 Å². The second-order valence-corrected chi connectivity index (χ2v) is 9.64. The van der Waals surface area contributed by atoms with Crippen molar-refractivity contribution in [2.45, 2.75) is 55.2 Å². The third kappa shape index (κ3) is 4.96. The third-order valence-corrected chi connectivity index (χ3v) is 7.26. The molecule has 2 aromatic rings. The van der Waals surface area contributed by atoms with E-state index in [0.29, 0.717) is 16.3 Å². The number of nitrogens with zero attached hydrogens (tertiary/aromatic N) is 1. The normalized spacial score (nSPS) is 15.3. The number of hydrogen-bond acceptors (Lipinski definition) is 3. The highest BCUT2D eigenvalue weighted by atomic mass is 35.5. The molecule has 0 heterocycles. The minimum absolute atomic E-state index is 0.0485. The van der Waals surface area contributed by atoms with Crippen LogP contribution in [0.15, 0.2) is 53.4 Å². The Hall–Kier alpha value is -1.98. The van der Waals surface area contributed by atoms with Crippen LogP contribution in [0.5, 0.6) is 0 Å². The molecule has 29 heavy (non-hydrogen) atoms. The first-order valence-electron chi connectivity index (χ1n) is 9.95. The highest BCUT2D eigenvalue weighted by Crippen LogP contribution is 2.46. The molecule has 1 aliphatic carbocycles. The van der Waals surface area contributed by atoms with E-state index in [1.807, 2.05) is 44.2 Å². The number of amides is 2. The van der Waals surface area contributed by atoms with Crippen molar-refractivity contribution in [2.75, 3.05) is 12.4 Å². The fraction of sp³-hybridized carbons (Fsp3) is 0.391. The fourth-order valence-corrected chi connectivity index (χ4v) is 5.01. The third-order valence-electron chi connectivity index (χ3n) is 5.44. The largest absolute Gasteiger partial charge is 0.339 e. The van der Waals surface area contributed by atoms with Crippen LogP contribution in [0, 0.1) is 0 Å². The van der Waals surface area contributed by atoms with E-state index in [1.165, 1.54) is 0 Å². The predicted octanol–water partition coefficient (Wildman–Crippen LogP) is 5.86. The summed E-state index contributed by atoms with van der Waals surface area (Å²) in [5, 5.41) is 3.44. The summed E-state index contributed by atoms with van der Waals surface area (Å²) in [4.78, 5) is 28.7. The summed E-state index contributed by atoms with van der Waals surface area (Å²) in [5.41, 5.74) is 0.997. The number of halogens is 1. The summed E-state index contributed by atoms with van der Waals surface area (Å²) in [6.45, 7) is 3.92. The molecule has 0 atom stereocenters. The predicted molar refractivity (Wildman–Crippen MR) is 121 cm³/mol. The second-order valence-electron chi connectivity index (χ2n) is 7.78. The molecule has 0 bridgehead atoms. The summed E-state index contributed by atoms with van der Waals surface area (Å²) in [6, 6.07) is 15.1. The van der Waals surface area contributed by atoms with Gasteiger partial charge in [-0.15, -0.1) is 11.8 Å². The average Bonchev–Trinajstić information content (AvgIpc) is 3.19. The molecule has 0 aromatic heterocycles. The van der Waals surface area contributed by atoms with Crippen molar-refractivity contribution in [2.24, 2.45) is 0 Å². The molecular formula is C23H27ClN2O2S. The van der Waals surface area contributed by atoms with Crippen molar-refractivity contribution >= 4 is 40.9 Å². The Labute approximate surface area is 182 Å². The number of carbonyl (C=O) groups is 2. The van der Waals surface area contributed by atoms with Gasteiger partial charge >= 0.3 is 0 Å². The Bertz CT molecular complexity index is 880. The monoisotopic (exact) mass is 430 g/mol. The van der Waals surface area contributed by atoms with Crippen LogP contribution in [-0.4, -0.2) is 34.6 Å². The Morgan fingerprint density at radius 1 is 1.10 bits per heavy atom. The van der Waals surface area contributed by atoms with Gasteiger partial charge in [0, 0.05) is 23.5 Å². The Morgan fingerprint density at radius 3 is 2.38 bits per heavy atom. The SMILES string of the molecule is CC(C)N(C)C(=O)c1ccc(Cl)c(NC(=O)C2(Sc3ccccc3)CCCC2)c1. The lowest BCUT2D eigenvalue weighted by molar-refractivity contribution is -0.118. The second kappa shape index (κ2) is 9.23. The number of thioether (sulfide) groups is 1. The van der Waals surface area contributed by atoms with Crippen LogP contribution in [0.3, 0.4) is 0 Å². The van der Waals surface area contributed by atoms with Gasteiger partial charge in [0.05, 0.1) is 15.5 Å². The maximum absolute atomic E-state index is 13.3. The van der Waals surface area contributed by atoms with Gasteiger partial charge in [-0.2, -0.15) is 0 Å². The molecule has 154 valence electrons. The van der Waals surface area contributed by atoms with Gasteiger partial charge in [-0.05, 0) is 57.0 Å². The maximum atomic E-state index is 13.3. The van der Waals surface area contributed by atoms with Gasteiger partial charge in [-0.3, -0.25) is 9.59 Å². The molecule has 1 N–H and O–H groups in total. The van der Waals surface area contributed by atoms with Gasteiger partial charge in [-0.1, -0.05) is 42.6 Å². The van der Waals surface area contributed by atoms with Gasteiger partial charge < -0.3 is 10.2 Å². The van der Waals surface area contributed by atoms with E-state index in [2.05, 4.69) is 5.32 Å². The van der Waals surface area contributed by atoms with Crippen LogP contribution in [-0.2, 0) is 4.79 Å². The number of carbonyl (C=O) groups excluding carboxylic acids is 2. The Balaban J connectivity index is 1.83. The molecule has 0 saturated heterocycles. The topological polar surface area (TPSA) is 49.4 Å². The molecule has 2 aromatic carbocycles. The molecule has 2 amide bonds. The van der Waals surface area contributed by atoms with E-state index in [1.54, 1.807) is 41.9 Å². The van der Waals surface area contributed by atoms with Gasteiger partial charge in [0.1, 0.15) is 0 Å². The lowest BCUT2D eigenvalue weighted by Gasteiger charge is -2.27. The van der Waals surface area contributed by atoms with Crippen LogP contribution in [0.1, 0.15) is 49.9 Å². The quantitative estimate of drug-likeness (QED) is 0.623. The van der Waals surface area contributed by atoms with Gasteiger partial charge in [-0.25, -0.2) is 0 Å². The van der Waals surface area contributed by atoms with Crippen molar-refractivity contribution in [3.63, 3.8) is 0 Å². The van der Waals surface area contributed by atoms with Crippen molar-refractivity contribution < 1.29 is 9.59 Å². The number of nitrogens with one attached hydrogen (secondary N) is 1. The zero-order valence-corrected chi connectivity index (χ0v) is 18.6. The maximum Gasteiger partial charge on any atom is 0.253 e. The first-order chi connectivity index (χ1) is 13.8. The van der Waals surface area contributed by atoms with Gasteiger partial charge in [0.25, 0.3) is 5.91 Å². The van der Waals surface area contributed by atoms with E-state index in [-0.39, 0.29) is 17.9 Å². The molecule has 6 heteroatoms. The molecule has 0 spiro atoms. The molecule has 0 unspecified atom stereocenters. The van der Waals surface area contributed by atoms with Gasteiger partial charge in [0.15, 0.2) is 0 Å².